The van der Waals surface area contributed by atoms with E-state index in [9.17, 15) is 10.1 Å². The molecule has 1 N–H and O–H groups in total. The second kappa shape index (κ2) is 10.2. The van der Waals surface area contributed by atoms with Crippen LogP contribution in [-0.4, -0.2) is 35.2 Å². The fourth-order valence-corrected chi connectivity index (χ4v) is 3.73. The van der Waals surface area contributed by atoms with Gasteiger partial charge in [-0.2, -0.15) is 0 Å². The normalized spacial score (nSPS) is 13.2. The molecule has 1 heterocycles. The Labute approximate surface area is 192 Å². The van der Waals surface area contributed by atoms with Gasteiger partial charge in [0.05, 0.1) is 19.1 Å². The molecule has 9 nitrogen and oxygen atoms in total. The van der Waals surface area contributed by atoms with Crippen molar-refractivity contribution in [3.8, 4) is 11.5 Å². The molecule has 0 amide bonds. The molecule has 3 aromatic rings. The average Bonchev–Trinajstić information content (AvgIpc) is 2.81. The van der Waals surface area contributed by atoms with Crippen LogP contribution in [0.4, 0.5) is 17.3 Å². The number of methoxy groups -OCH3 is 2. The highest BCUT2D eigenvalue weighted by Gasteiger charge is 2.30. The van der Waals surface area contributed by atoms with E-state index in [2.05, 4.69) is 15.3 Å². The van der Waals surface area contributed by atoms with Gasteiger partial charge in [-0.05, 0) is 54.7 Å². The van der Waals surface area contributed by atoms with E-state index in [4.69, 9.17) is 9.47 Å². The Morgan fingerprint density at radius 1 is 0.970 bits per heavy atom. The maximum absolute atomic E-state index is 12.1. The monoisotopic (exact) mass is 449 g/mol. The first-order valence-electron chi connectivity index (χ1n) is 10.8. The summed E-state index contributed by atoms with van der Waals surface area (Å²) in [4.78, 5) is 22.2. The molecule has 9 heteroatoms. The van der Waals surface area contributed by atoms with E-state index in [0.717, 1.165) is 41.9 Å². The lowest BCUT2D eigenvalue weighted by atomic mass is 9.93. The number of nitro groups is 1. The maximum Gasteiger partial charge on any atom is 0.353 e. The Morgan fingerprint density at radius 3 is 1.94 bits per heavy atom. The van der Waals surface area contributed by atoms with E-state index in [-0.39, 0.29) is 23.4 Å². The minimum Gasteiger partial charge on any atom is -0.497 e. The number of hydrogen-bond donors (Lipinski definition) is 1. The van der Waals surface area contributed by atoms with Gasteiger partial charge in [-0.3, -0.25) is 10.1 Å². The van der Waals surface area contributed by atoms with Gasteiger partial charge >= 0.3 is 5.69 Å². The highest BCUT2D eigenvalue weighted by molar-refractivity contribution is 5.70. The number of aromatic nitrogens is 2. The topological polar surface area (TPSA) is 103 Å². The fourth-order valence-electron chi connectivity index (χ4n) is 3.73. The number of ether oxygens (including phenoxy) is 2. The molecule has 1 fully saturated rings. The Balaban J connectivity index is 1.70. The molecule has 1 aliphatic carbocycles. The lowest BCUT2D eigenvalue weighted by Crippen LogP contribution is -2.29. The van der Waals surface area contributed by atoms with Crippen molar-refractivity contribution < 1.29 is 14.4 Å². The molecular formula is C24H27N5O4. The molecule has 1 saturated carbocycles. The van der Waals surface area contributed by atoms with Gasteiger partial charge in [-0.25, -0.2) is 9.97 Å². The summed E-state index contributed by atoms with van der Waals surface area (Å²) in [5.41, 5.74) is 1.85. The van der Waals surface area contributed by atoms with Crippen molar-refractivity contribution in [2.45, 2.75) is 38.4 Å². The Morgan fingerprint density at radius 2 is 1.52 bits per heavy atom. The van der Waals surface area contributed by atoms with Crippen LogP contribution in [0.3, 0.4) is 0 Å². The van der Waals surface area contributed by atoms with Crippen LogP contribution in [0.1, 0.15) is 30.4 Å². The summed E-state index contributed by atoms with van der Waals surface area (Å²) in [7, 11) is 3.23. The van der Waals surface area contributed by atoms with Crippen molar-refractivity contribution in [1.82, 2.24) is 9.97 Å². The van der Waals surface area contributed by atoms with E-state index in [1.807, 2.05) is 53.4 Å². The fraction of sp³-hybridized carbons (Fsp3) is 0.333. The SMILES string of the molecule is COc1ccc(CN(Cc2ccc(OC)cc2)c2ncnc(NC3CCC3)c2[N+](=O)[O-])cc1. The highest BCUT2D eigenvalue weighted by Crippen LogP contribution is 2.35. The van der Waals surface area contributed by atoms with E-state index in [1.54, 1.807) is 14.2 Å². The third-order valence-corrected chi connectivity index (χ3v) is 5.80. The van der Waals surface area contributed by atoms with Gasteiger partial charge in [0, 0.05) is 19.1 Å². The molecule has 4 rings (SSSR count). The van der Waals surface area contributed by atoms with Crippen LogP contribution < -0.4 is 19.7 Å². The first-order valence-corrected chi connectivity index (χ1v) is 10.8. The Hall–Kier alpha value is -3.88. The van der Waals surface area contributed by atoms with Crippen molar-refractivity contribution in [2.75, 3.05) is 24.4 Å². The molecule has 172 valence electrons. The van der Waals surface area contributed by atoms with Crippen LogP contribution in [0, 0.1) is 10.1 Å². The zero-order valence-electron chi connectivity index (χ0n) is 18.7. The third-order valence-electron chi connectivity index (χ3n) is 5.80. The van der Waals surface area contributed by atoms with Crippen LogP contribution in [0.2, 0.25) is 0 Å². The number of benzene rings is 2. The van der Waals surface area contributed by atoms with Gasteiger partial charge in [0.2, 0.25) is 11.6 Å². The summed E-state index contributed by atoms with van der Waals surface area (Å²) in [6.45, 7) is 0.855. The number of hydrogen-bond acceptors (Lipinski definition) is 8. The molecule has 1 aromatic heterocycles. The second-order valence-corrected chi connectivity index (χ2v) is 7.98. The summed E-state index contributed by atoms with van der Waals surface area (Å²) >= 11 is 0. The van der Waals surface area contributed by atoms with Gasteiger partial charge in [-0.15, -0.1) is 0 Å². The van der Waals surface area contributed by atoms with E-state index >= 15 is 0 Å². The third kappa shape index (κ3) is 5.31. The second-order valence-electron chi connectivity index (χ2n) is 7.98. The average molecular weight is 450 g/mol. The standard InChI is InChI=1S/C24H27N5O4/c1-32-20-10-6-17(7-11-20)14-28(15-18-8-12-21(33-2)13-9-18)24-22(29(30)31)23(25-16-26-24)27-19-4-3-5-19/h6-13,16,19H,3-5,14-15H2,1-2H3,(H,25,26,27). The van der Waals surface area contributed by atoms with Crippen LogP contribution in [0.25, 0.3) is 0 Å². The Kier molecular flexibility index (Phi) is 6.87. The van der Waals surface area contributed by atoms with Gasteiger partial charge in [0.1, 0.15) is 17.8 Å². The summed E-state index contributed by atoms with van der Waals surface area (Å²) in [6, 6.07) is 15.5. The van der Waals surface area contributed by atoms with Gasteiger partial charge < -0.3 is 19.7 Å². The molecule has 33 heavy (non-hydrogen) atoms. The molecule has 0 unspecified atom stereocenters. The van der Waals surface area contributed by atoms with E-state index < -0.39 is 4.92 Å². The van der Waals surface area contributed by atoms with E-state index in [0.29, 0.717) is 13.1 Å². The lowest BCUT2D eigenvalue weighted by molar-refractivity contribution is -0.383. The van der Waals surface area contributed by atoms with Crippen molar-refractivity contribution in [2.24, 2.45) is 0 Å². The number of nitrogens with zero attached hydrogens (tertiary/aromatic N) is 4. The lowest BCUT2D eigenvalue weighted by Gasteiger charge is -2.28. The maximum atomic E-state index is 12.1. The molecule has 2 aromatic carbocycles. The molecular weight excluding hydrogens is 422 g/mol. The molecule has 0 aliphatic heterocycles. The number of rotatable bonds is 10. The number of anilines is 2. The van der Waals surface area contributed by atoms with Gasteiger partial charge in [0.25, 0.3) is 0 Å². The minimum absolute atomic E-state index is 0.105. The highest BCUT2D eigenvalue weighted by atomic mass is 16.6. The summed E-state index contributed by atoms with van der Waals surface area (Å²) < 4.78 is 10.5. The summed E-state index contributed by atoms with van der Waals surface area (Å²) in [5.74, 6) is 2.05. The quantitative estimate of drug-likeness (QED) is 0.355. The molecule has 0 bridgehead atoms. The summed E-state index contributed by atoms with van der Waals surface area (Å²) in [6.07, 6.45) is 4.47. The van der Waals surface area contributed by atoms with Crippen molar-refractivity contribution in [3.63, 3.8) is 0 Å². The van der Waals surface area contributed by atoms with Crippen molar-refractivity contribution in [3.05, 3.63) is 76.1 Å². The van der Waals surface area contributed by atoms with Gasteiger partial charge in [0.15, 0.2) is 0 Å². The molecule has 0 atom stereocenters. The van der Waals surface area contributed by atoms with Crippen LogP contribution in [0.15, 0.2) is 54.9 Å². The van der Waals surface area contributed by atoms with Crippen LogP contribution in [0.5, 0.6) is 11.5 Å². The molecule has 0 spiro atoms. The van der Waals surface area contributed by atoms with Crippen molar-refractivity contribution in [1.29, 1.82) is 0 Å². The van der Waals surface area contributed by atoms with Crippen LogP contribution in [-0.2, 0) is 13.1 Å². The first kappa shape index (κ1) is 22.3. The van der Waals surface area contributed by atoms with E-state index in [1.165, 1.54) is 6.33 Å². The zero-order chi connectivity index (χ0) is 23.2. The molecule has 0 saturated heterocycles. The Bertz CT molecular complexity index is 1040. The largest absolute Gasteiger partial charge is 0.497 e. The minimum atomic E-state index is -0.397. The predicted molar refractivity (Wildman–Crippen MR) is 126 cm³/mol. The van der Waals surface area contributed by atoms with Crippen molar-refractivity contribution >= 4 is 17.3 Å². The number of nitrogens with one attached hydrogen (secondary N) is 1. The van der Waals surface area contributed by atoms with Crippen LogP contribution >= 0.6 is 0 Å². The predicted octanol–water partition coefficient (Wildman–Crippen LogP) is 4.57. The first-order chi connectivity index (χ1) is 16.1. The smallest absolute Gasteiger partial charge is 0.353 e. The molecule has 1 aliphatic rings. The van der Waals surface area contributed by atoms with Gasteiger partial charge in [-0.1, -0.05) is 24.3 Å². The summed E-state index contributed by atoms with van der Waals surface area (Å²) in [5, 5.41) is 15.4. The zero-order valence-corrected chi connectivity index (χ0v) is 18.7. The molecule has 0 radical (unpaired) electrons.